The third-order valence-electron chi connectivity index (χ3n) is 2.49. The number of urea groups is 1. The number of rotatable bonds is 7. The van der Waals surface area contributed by atoms with Crippen LogP contribution in [0.2, 0.25) is 0 Å². The molecule has 1 aliphatic rings. The lowest BCUT2D eigenvalue weighted by Gasteiger charge is -2.13. The summed E-state index contributed by atoms with van der Waals surface area (Å²) in [5.41, 5.74) is 0. The van der Waals surface area contributed by atoms with E-state index < -0.39 is 0 Å². The minimum atomic E-state index is -0.141. The van der Waals surface area contributed by atoms with Crippen LogP contribution < -0.4 is 10.6 Å². The van der Waals surface area contributed by atoms with Gasteiger partial charge in [0.1, 0.15) is 0 Å². The Bertz CT molecular complexity index is 282. The molecule has 3 N–H and O–H groups in total. The zero-order chi connectivity index (χ0) is 12.5. The fourth-order valence-electron chi connectivity index (χ4n) is 1.64. The smallest absolute Gasteiger partial charge is 0.315 e. The number of aliphatic hydroxyl groups is 1. The van der Waals surface area contributed by atoms with Crippen molar-refractivity contribution in [3.8, 4) is 0 Å². The van der Waals surface area contributed by atoms with Crippen LogP contribution in [0.4, 0.5) is 4.79 Å². The summed E-state index contributed by atoms with van der Waals surface area (Å²) >= 11 is 1.73. The van der Waals surface area contributed by atoms with E-state index >= 15 is 0 Å². The molecule has 0 heterocycles. The highest BCUT2D eigenvalue weighted by molar-refractivity contribution is 7.99. The molecule has 17 heavy (non-hydrogen) atoms. The van der Waals surface area contributed by atoms with Gasteiger partial charge in [-0.15, -0.1) is 6.58 Å². The Morgan fingerprint density at radius 2 is 2.41 bits per heavy atom. The molecule has 0 bridgehead atoms. The van der Waals surface area contributed by atoms with E-state index in [0.717, 1.165) is 17.9 Å². The van der Waals surface area contributed by atoms with E-state index in [-0.39, 0.29) is 24.6 Å². The van der Waals surface area contributed by atoms with Gasteiger partial charge in [0.2, 0.25) is 0 Å². The molecular formula is C12H20N2O2S. The Balaban J connectivity index is 2.05. The molecule has 0 radical (unpaired) electrons. The van der Waals surface area contributed by atoms with Crippen molar-refractivity contribution in [1.82, 2.24) is 10.6 Å². The minimum absolute atomic E-state index is 0.0491. The van der Waals surface area contributed by atoms with Crippen molar-refractivity contribution in [1.29, 1.82) is 0 Å². The van der Waals surface area contributed by atoms with Crippen molar-refractivity contribution in [2.24, 2.45) is 5.92 Å². The summed E-state index contributed by atoms with van der Waals surface area (Å²) in [5, 5.41) is 14.6. The third kappa shape index (κ3) is 5.79. The molecule has 4 nitrogen and oxygen atoms in total. The number of thioether (sulfide) groups is 1. The van der Waals surface area contributed by atoms with E-state index in [9.17, 15) is 4.79 Å². The lowest BCUT2D eigenvalue weighted by molar-refractivity contribution is 0.232. The maximum atomic E-state index is 11.5. The number of aliphatic hydroxyl groups excluding tert-OH is 1. The van der Waals surface area contributed by atoms with Crippen LogP contribution in [-0.2, 0) is 0 Å². The summed E-state index contributed by atoms with van der Waals surface area (Å²) in [6, 6.07) is -0.0922. The van der Waals surface area contributed by atoms with Crippen LogP contribution in [0.25, 0.3) is 0 Å². The van der Waals surface area contributed by atoms with Gasteiger partial charge in [0.15, 0.2) is 0 Å². The molecule has 96 valence electrons. The fraction of sp³-hybridized carbons (Fsp3) is 0.583. The molecule has 5 heteroatoms. The molecule has 0 aromatic heterocycles. The quantitative estimate of drug-likeness (QED) is 0.473. The van der Waals surface area contributed by atoms with Gasteiger partial charge in [-0.05, 0) is 6.42 Å². The van der Waals surface area contributed by atoms with Gasteiger partial charge in [-0.25, -0.2) is 4.79 Å². The highest BCUT2D eigenvalue weighted by Gasteiger charge is 2.19. The summed E-state index contributed by atoms with van der Waals surface area (Å²) in [6.45, 7) is 4.43. The van der Waals surface area contributed by atoms with Crippen LogP contribution in [0, 0.1) is 5.92 Å². The first kappa shape index (κ1) is 14.1. The van der Waals surface area contributed by atoms with Crippen molar-refractivity contribution in [3.63, 3.8) is 0 Å². The van der Waals surface area contributed by atoms with E-state index in [1.54, 1.807) is 11.8 Å². The lowest BCUT2D eigenvalue weighted by Crippen LogP contribution is -2.41. The molecule has 0 spiro atoms. The first-order chi connectivity index (χ1) is 8.26. The van der Waals surface area contributed by atoms with Gasteiger partial charge in [0, 0.05) is 36.6 Å². The Hall–Kier alpha value is -0.940. The second kappa shape index (κ2) is 8.20. The zero-order valence-corrected chi connectivity index (χ0v) is 10.7. The third-order valence-corrected chi connectivity index (χ3v) is 3.46. The van der Waals surface area contributed by atoms with Crippen molar-refractivity contribution in [2.45, 2.75) is 12.5 Å². The molecule has 0 aromatic rings. The van der Waals surface area contributed by atoms with E-state index in [2.05, 4.69) is 17.2 Å². The first-order valence-electron chi connectivity index (χ1n) is 5.78. The second-order valence-corrected chi connectivity index (χ2v) is 5.08. The predicted molar refractivity (Wildman–Crippen MR) is 72.2 cm³/mol. The zero-order valence-electron chi connectivity index (χ0n) is 9.89. The summed E-state index contributed by atoms with van der Waals surface area (Å²) in [7, 11) is 0. The van der Waals surface area contributed by atoms with Crippen LogP contribution in [0.1, 0.15) is 6.42 Å². The molecule has 0 aromatic carbocycles. The Morgan fingerprint density at radius 1 is 1.59 bits per heavy atom. The standard InChI is InChI=1S/C12H20N2O2S/c1-2-6-17-7-5-13-12(16)14-11-4-3-10(8-11)9-15/h2-4,10-11,15H,1,5-9H2,(H2,13,14,16)/t10-,11+/m0/s1. The first-order valence-corrected chi connectivity index (χ1v) is 6.94. The summed E-state index contributed by atoms with van der Waals surface area (Å²) < 4.78 is 0. The molecule has 0 fully saturated rings. The molecule has 0 saturated heterocycles. The van der Waals surface area contributed by atoms with Crippen LogP contribution in [0.15, 0.2) is 24.8 Å². The number of carbonyl (C=O) groups is 1. The average Bonchev–Trinajstić information content (AvgIpc) is 2.76. The highest BCUT2D eigenvalue weighted by atomic mass is 32.2. The monoisotopic (exact) mass is 256 g/mol. The van der Waals surface area contributed by atoms with Crippen LogP contribution in [-0.4, -0.2) is 41.8 Å². The summed E-state index contributed by atoms with van der Waals surface area (Å²) in [4.78, 5) is 11.5. The Labute approximate surface area is 107 Å². The molecule has 0 unspecified atom stereocenters. The molecule has 0 saturated carbocycles. The molecule has 1 aliphatic carbocycles. The largest absolute Gasteiger partial charge is 0.396 e. The van der Waals surface area contributed by atoms with Gasteiger partial charge in [0.05, 0.1) is 0 Å². The van der Waals surface area contributed by atoms with Gasteiger partial charge in [-0.1, -0.05) is 18.2 Å². The average molecular weight is 256 g/mol. The highest BCUT2D eigenvalue weighted by Crippen LogP contribution is 2.16. The minimum Gasteiger partial charge on any atom is -0.396 e. The van der Waals surface area contributed by atoms with E-state index in [0.29, 0.717) is 6.54 Å². The SMILES string of the molecule is C=CCSCCNC(=O)N[C@@H]1C=C[C@H](CO)C1. The second-order valence-electron chi connectivity index (χ2n) is 3.93. The van der Waals surface area contributed by atoms with E-state index in [1.807, 2.05) is 18.2 Å². The van der Waals surface area contributed by atoms with Crippen LogP contribution in [0.5, 0.6) is 0 Å². The topological polar surface area (TPSA) is 61.4 Å². The number of carbonyl (C=O) groups excluding carboxylic acids is 1. The fourth-order valence-corrected chi connectivity index (χ4v) is 2.22. The molecule has 2 atom stereocenters. The van der Waals surface area contributed by atoms with Crippen molar-refractivity contribution in [2.75, 3.05) is 24.7 Å². The molecule has 0 aliphatic heterocycles. The number of amides is 2. The number of hydrogen-bond donors (Lipinski definition) is 3. The maximum absolute atomic E-state index is 11.5. The number of hydrogen-bond acceptors (Lipinski definition) is 3. The number of nitrogens with one attached hydrogen (secondary N) is 2. The molecule has 2 amide bonds. The van der Waals surface area contributed by atoms with Gasteiger partial charge in [-0.2, -0.15) is 11.8 Å². The van der Waals surface area contributed by atoms with Gasteiger partial charge in [-0.3, -0.25) is 0 Å². The lowest BCUT2D eigenvalue weighted by atomic mass is 10.1. The maximum Gasteiger partial charge on any atom is 0.315 e. The van der Waals surface area contributed by atoms with E-state index in [1.165, 1.54) is 0 Å². The summed E-state index contributed by atoms with van der Waals surface area (Å²) in [5.74, 6) is 1.98. The Morgan fingerprint density at radius 3 is 3.06 bits per heavy atom. The van der Waals surface area contributed by atoms with Crippen LogP contribution in [0.3, 0.4) is 0 Å². The van der Waals surface area contributed by atoms with Crippen LogP contribution >= 0.6 is 11.8 Å². The van der Waals surface area contributed by atoms with Gasteiger partial charge >= 0.3 is 6.03 Å². The van der Waals surface area contributed by atoms with Gasteiger partial charge in [0.25, 0.3) is 0 Å². The normalized spacial score (nSPS) is 22.4. The summed E-state index contributed by atoms with van der Waals surface area (Å²) in [6.07, 6.45) is 6.52. The molecular weight excluding hydrogens is 236 g/mol. The van der Waals surface area contributed by atoms with E-state index in [4.69, 9.17) is 5.11 Å². The van der Waals surface area contributed by atoms with Gasteiger partial charge < -0.3 is 15.7 Å². The van der Waals surface area contributed by atoms with Crippen molar-refractivity contribution < 1.29 is 9.90 Å². The van der Waals surface area contributed by atoms with Crippen molar-refractivity contribution >= 4 is 17.8 Å². The Kier molecular flexibility index (Phi) is 6.81. The predicted octanol–water partition coefficient (Wildman–Crippen LogP) is 1.14. The molecule has 1 rings (SSSR count). The van der Waals surface area contributed by atoms with Crippen molar-refractivity contribution in [3.05, 3.63) is 24.8 Å².